The molecule has 2 heterocycles. The molecular weight excluding hydrogens is 1070 g/mol. The largest absolute Gasteiger partial charge is 0.478 e. The number of pyridine rings is 2. The number of nitrogens with one attached hydrogen (secondary N) is 2. The lowest BCUT2D eigenvalue weighted by Gasteiger charge is -2.22. The average molecular weight is 1160 g/mol. The molecule has 85 heavy (non-hydrogen) atoms. The van der Waals surface area contributed by atoms with Gasteiger partial charge in [-0.25, -0.2) is 19.2 Å². The summed E-state index contributed by atoms with van der Waals surface area (Å²) in [5.41, 5.74) is 8.38. The number of carbonyl (C=O) groups is 6. The minimum absolute atomic E-state index is 0. The number of hydrogen-bond donors (Lipinski definition) is 4. The van der Waals surface area contributed by atoms with Crippen LogP contribution in [0.15, 0.2) is 158 Å². The van der Waals surface area contributed by atoms with E-state index >= 15 is 0 Å². The Morgan fingerprint density at radius 1 is 0.494 bits per heavy atom. The molecule has 2 atom stereocenters. The van der Waals surface area contributed by atoms with Crippen molar-refractivity contribution in [3.05, 3.63) is 225 Å². The lowest BCUT2D eigenvalue weighted by atomic mass is 9.90. The number of nitrogens with zero attached hydrogens (tertiary/aromatic N) is 2. The number of carboxylic acid groups (broad SMARTS) is 1. The number of benzene rings is 6. The number of aromatic carboxylic acids is 1. The molecule has 2 aromatic heterocycles. The van der Waals surface area contributed by atoms with Crippen molar-refractivity contribution >= 4 is 57.2 Å². The number of amides is 2. The average Bonchev–Trinajstić information content (AvgIpc) is 3.51. The van der Waals surface area contributed by atoms with Gasteiger partial charge in [-0.05, 0) is 149 Å². The molecule has 2 unspecified atom stereocenters. The Labute approximate surface area is 500 Å². The number of ketones is 2. The molecule has 0 radical (unpaired) electrons. The third kappa shape index (κ3) is 21.6. The highest BCUT2D eigenvalue weighted by Gasteiger charge is 2.26. The predicted molar refractivity (Wildman–Crippen MR) is 335 cm³/mol. The minimum atomic E-state index is -0.859. The van der Waals surface area contributed by atoms with Crippen LogP contribution in [0.25, 0.3) is 21.5 Å². The van der Waals surface area contributed by atoms with Gasteiger partial charge >= 0.3 is 24.1 Å². The van der Waals surface area contributed by atoms with Crippen LogP contribution in [0.4, 0.5) is 9.59 Å². The number of ether oxygens (including phenoxy) is 3. The van der Waals surface area contributed by atoms with Crippen molar-refractivity contribution in [2.75, 3.05) is 13.1 Å². The van der Waals surface area contributed by atoms with Gasteiger partial charge < -0.3 is 35.1 Å². The number of aliphatic hydroxyl groups is 1. The molecule has 4 N–H and O–H groups in total. The van der Waals surface area contributed by atoms with Crippen molar-refractivity contribution in [1.82, 2.24) is 20.6 Å². The van der Waals surface area contributed by atoms with E-state index in [9.17, 15) is 33.9 Å². The van der Waals surface area contributed by atoms with E-state index in [4.69, 9.17) is 19.3 Å². The zero-order chi connectivity index (χ0) is 60.4. The number of rotatable bonds is 17. The number of aromatic nitrogens is 2. The zero-order valence-corrected chi connectivity index (χ0v) is 48.9. The second kappa shape index (κ2) is 31.5. The van der Waals surface area contributed by atoms with Gasteiger partial charge in [-0.3, -0.25) is 19.6 Å². The first-order valence-electron chi connectivity index (χ1n) is 27.3. The lowest BCUT2D eigenvalue weighted by molar-refractivity contribution is -0.120. The van der Waals surface area contributed by atoms with Gasteiger partial charge in [0.25, 0.3) is 0 Å². The molecular formula is C70H82N4O11. The van der Waals surface area contributed by atoms with E-state index in [0.29, 0.717) is 11.1 Å². The molecule has 0 aliphatic rings. The number of carboxylic acids is 1. The van der Waals surface area contributed by atoms with Gasteiger partial charge in [-0.1, -0.05) is 135 Å². The standard InChI is InChI=1S/C34H36N2O5.C25H28N2O4.C9H10O2.2CH4/c1-22-6-13-29(23(2)16-22)32(38)40-21-24-7-10-26(11-8-24)30(20-36-33(39)41-34(3,4)5)31(37)18-25-9-12-28-19-35-15-14-27(28)17-25;1-25(2,3)31-24(30)27-15-22(19-7-4-17(16-28)5-8-19)23(29)13-18-6-9-21-14-26-11-10-20(21)12-18;1-6-3-4-8(9(10)11)7(2)5-6;;/h6-17,19,30H,18,20-21H2,1-5H3,(H,36,39);4-12,14,22,28H,13,15-16H2,1-3H3,(H,27,30);3-5H,1-2H3,(H,10,11);2*1H4. The summed E-state index contributed by atoms with van der Waals surface area (Å²) in [5, 5.41) is 27.5. The minimum Gasteiger partial charge on any atom is -0.478 e. The Hall–Kier alpha value is -9.08. The molecule has 2 amide bonds. The molecule has 0 fully saturated rings. The second-order valence-electron chi connectivity index (χ2n) is 22.4. The Morgan fingerprint density at radius 2 is 0.894 bits per heavy atom. The van der Waals surface area contributed by atoms with Crippen LogP contribution in [0.3, 0.4) is 0 Å². The summed E-state index contributed by atoms with van der Waals surface area (Å²) in [6.45, 7) is 18.6. The second-order valence-corrected chi connectivity index (χ2v) is 22.4. The van der Waals surface area contributed by atoms with E-state index in [-0.39, 0.29) is 71.5 Å². The Kier molecular flexibility index (Phi) is 25.4. The highest BCUT2D eigenvalue weighted by molar-refractivity contribution is 5.93. The number of aryl methyl sites for hydroxylation is 4. The third-order valence-electron chi connectivity index (χ3n) is 13.2. The monoisotopic (exact) mass is 1150 g/mol. The van der Waals surface area contributed by atoms with E-state index in [1.807, 2.05) is 124 Å². The number of carbonyl (C=O) groups excluding carboxylic acids is 5. The smallest absolute Gasteiger partial charge is 0.407 e. The molecule has 0 saturated carbocycles. The Morgan fingerprint density at radius 3 is 1.28 bits per heavy atom. The normalized spacial score (nSPS) is 11.6. The van der Waals surface area contributed by atoms with Crippen molar-refractivity contribution in [3.63, 3.8) is 0 Å². The lowest BCUT2D eigenvalue weighted by Crippen LogP contribution is -2.36. The third-order valence-corrected chi connectivity index (χ3v) is 13.2. The van der Waals surface area contributed by atoms with E-state index in [0.717, 1.165) is 77.2 Å². The molecule has 0 aliphatic carbocycles. The maximum atomic E-state index is 13.6. The van der Waals surface area contributed by atoms with Crippen LogP contribution in [0.1, 0.15) is 145 Å². The van der Waals surface area contributed by atoms with Crippen LogP contribution in [0.5, 0.6) is 0 Å². The van der Waals surface area contributed by atoms with Crippen LogP contribution in [0.2, 0.25) is 0 Å². The molecule has 0 aliphatic heterocycles. The van der Waals surface area contributed by atoms with Gasteiger partial charge in [0.1, 0.15) is 29.4 Å². The zero-order valence-electron chi connectivity index (χ0n) is 48.9. The number of alkyl carbamates (subject to hydrolysis) is 2. The fourth-order valence-electron chi connectivity index (χ4n) is 8.99. The molecule has 8 aromatic rings. The Balaban J connectivity index is 0.000000310. The summed E-state index contributed by atoms with van der Waals surface area (Å²) in [7, 11) is 0. The SMILES string of the molecule is C.C.CC(C)(C)OC(=O)NCC(C(=O)Cc1ccc2cnccc2c1)c1ccc(CO)cc1.Cc1ccc(C(=O)O)c(C)c1.Cc1ccc(C(=O)OCc2ccc(C(CNC(=O)OC(C)(C)C)C(=O)Cc3ccc4cnccc4c3)cc2)c(C)c1. The van der Waals surface area contributed by atoms with Gasteiger partial charge in [0.2, 0.25) is 0 Å². The maximum absolute atomic E-state index is 13.6. The van der Waals surface area contributed by atoms with E-state index < -0.39 is 41.2 Å². The van der Waals surface area contributed by atoms with Crippen molar-refractivity contribution in [1.29, 1.82) is 0 Å². The maximum Gasteiger partial charge on any atom is 0.407 e. The van der Waals surface area contributed by atoms with E-state index in [1.54, 1.807) is 104 Å². The first-order valence-corrected chi connectivity index (χ1v) is 27.3. The van der Waals surface area contributed by atoms with Crippen LogP contribution >= 0.6 is 0 Å². The van der Waals surface area contributed by atoms with Crippen LogP contribution in [-0.2, 0) is 49.9 Å². The molecule has 448 valence electrons. The first kappa shape index (κ1) is 68.4. The van der Waals surface area contributed by atoms with Gasteiger partial charge in [0, 0.05) is 61.5 Å². The van der Waals surface area contributed by atoms with Crippen molar-refractivity contribution in [2.45, 2.75) is 133 Å². The number of esters is 1. The summed E-state index contributed by atoms with van der Waals surface area (Å²) in [5.74, 6) is -2.42. The van der Waals surface area contributed by atoms with Crippen molar-refractivity contribution < 1.29 is 53.2 Å². The highest BCUT2D eigenvalue weighted by atomic mass is 16.6. The first-order chi connectivity index (χ1) is 39.3. The van der Waals surface area contributed by atoms with Crippen LogP contribution in [0, 0.1) is 27.7 Å². The van der Waals surface area contributed by atoms with Gasteiger partial charge in [0.05, 0.1) is 29.6 Å². The van der Waals surface area contributed by atoms with E-state index in [1.165, 1.54) is 0 Å². The number of Topliss-reactive ketones (excluding diaryl/α,β-unsaturated/α-hetero) is 2. The summed E-state index contributed by atoms with van der Waals surface area (Å²) >= 11 is 0. The fourth-order valence-corrected chi connectivity index (χ4v) is 8.99. The van der Waals surface area contributed by atoms with Gasteiger partial charge in [-0.2, -0.15) is 0 Å². The summed E-state index contributed by atoms with van der Waals surface area (Å²) in [6, 6.07) is 41.0. The highest BCUT2D eigenvalue weighted by Crippen LogP contribution is 2.25. The molecule has 8 rings (SSSR count). The summed E-state index contributed by atoms with van der Waals surface area (Å²) in [4.78, 5) is 82.7. The molecule has 0 spiro atoms. The number of aliphatic hydroxyl groups excluding tert-OH is 1. The van der Waals surface area contributed by atoms with Crippen LogP contribution < -0.4 is 10.6 Å². The fraction of sp³-hybridized carbons (Fsp3) is 0.314. The molecule has 0 bridgehead atoms. The van der Waals surface area contributed by atoms with Gasteiger partial charge in [-0.15, -0.1) is 0 Å². The van der Waals surface area contributed by atoms with Crippen LogP contribution in [-0.4, -0.2) is 80.2 Å². The predicted octanol–water partition coefficient (Wildman–Crippen LogP) is 14.0. The number of hydrogen-bond acceptors (Lipinski definition) is 12. The summed E-state index contributed by atoms with van der Waals surface area (Å²) < 4.78 is 16.2. The summed E-state index contributed by atoms with van der Waals surface area (Å²) in [6.07, 6.45) is 6.33. The quantitative estimate of drug-likeness (QED) is 0.0493. The molecule has 6 aromatic carbocycles. The van der Waals surface area contributed by atoms with Crippen molar-refractivity contribution in [3.8, 4) is 0 Å². The van der Waals surface area contributed by atoms with E-state index in [2.05, 4.69) is 20.6 Å². The number of fused-ring (bicyclic) bond motifs is 2. The molecule has 0 saturated heterocycles. The molecule has 15 nitrogen and oxygen atoms in total. The molecule has 15 heteroatoms. The van der Waals surface area contributed by atoms with Crippen molar-refractivity contribution in [2.24, 2.45) is 0 Å². The van der Waals surface area contributed by atoms with Gasteiger partial charge in [0.15, 0.2) is 0 Å². The Bertz CT molecular complexity index is 3570. The topological polar surface area (TPSA) is 220 Å².